The summed E-state index contributed by atoms with van der Waals surface area (Å²) in [6, 6.07) is 25.7. The van der Waals surface area contributed by atoms with Crippen LogP contribution in [0.25, 0.3) is 11.3 Å². The van der Waals surface area contributed by atoms with Crippen LogP contribution < -0.4 is 10.6 Å². The molecule has 0 bridgehead atoms. The van der Waals surface area contributed by atoms with Gasteiger partial charge in [-0.3, -0.25) is 14.3 Å². The van der Waals surface area contributed by atoms with Crippen molar-refractivity contribution >= 4 is 39.3 Å². The Kier molecular flexibility index (Phi) is 8.00. The molecule has 178 valence electrons. The maximum Gasteiger partial charge on any atom is 0.270 e. The Labute approximate surface area is 217 Å². The van der Waals surface area contributed by atoms with E-state index in [4.69, 9.17) is 16.7 Å². The van der Waals surface area contributed by atoms with Crippen LogP contribution >= 0.6 is 27.5 Å². The summed E-state index contributed by atoms with van der Waals surface area (Å²) in [5.74, 6) is -0.659. The van der Waals surface area contributed by atoms with Crippen LogP contribution in [-0.2, 0) is 17.8 Å². The van der Waals surface area contributed by atoms with Crippen LogP contribution in [0.4, 0.5) is 0 Å². The first-order valence-electron chi connectivity index (χ1n) is 11.1. The predicted molar refractivity (Wildman–Crippen MR) is 141 cm³/mol. The van der Waals surface area contributed by atoms with Gasteiger partial charge in [0.15, 0.2) is 0 Å². The molecule has 0 fully saturated rings. The number of amides is 2. The molecule has 8 heteroatoms. The molecule has 1 atom stereocenters. The normalized spacial score (nSPS) is 11.6. The number of hydrogen-bond acceptors (Lipinski definition) is 3. The number of likely N-dealkylation sites (N-methyl/N-ethyl adjacent to an activating group) is 1. The summed E-state index contributed by atoms with van der Waals surface area (Å²) in [6.45, 7) is 0.403. The van der Waals surface area contributed by atoms with Gasteiger partial charge in [0.05, 0.1) is 12.2 Å². The molecule has 1 heterocycles. The minimum absolute atomic E-state index is 0.275. The second kappa shape index (κ2) is 11.3. The minimum Gasteiger partial charge on any atom is -0.357 e. The number of hydrogen-bond donors (Lipinski definition) is 2. The van der Waals surface area contributed by atoms with E-state index in [1.165, 1.54) is 0 Å². The summed E-state index contributed by atoms with van der Waals surface area (Å²) in [5, 5.41) is 10.8. The number of halogens is 2. The van der Waals surface area contributed by atoms with Crippen LogP contribution in [0.3, 0.4) is 0 Å². The topological polar surface area (TPSA) is 76.0 Å². The molecular formula is C27H24BrClN4O2. The highest BCUT2D eigenvalue weighted by Crippen LogP contribution is 2.23. The fraction of sp³-hybridized carbons (Fsp3) is 0.148. The third-order valence-corrected chi connectivity index (χ3v) is 6.23. The lowest BCUT2D eigenvalue weighted by atomic mass is 10.0. The molecule has 0 saturated carbocycles. The van der Waals surface area contributed by atoms with Crippen molar-refractivity contribution in [1.29, 1.82) is 0 Å². The quantitative estimate of drug-likeness (QED) is 0.320. The van der Waals surface area contributed by atoms with Gasteiger partial charge in [0.1, 0.15) is 11.7 Å². The number of carbonyl (C=O) groups excluding carboxylic acids is 2. The van der Waals surface area contributed by atoms with Crippen LogP contribution in [0, 0.1) is 0 Å². The summed E-state index contributed by atoms with van der Waals surface area (Å²) in [5.41, 5.74) is 3.70. The van der Waals surface area contributed by atoms with Crippen LogP contribution in [0.15, 0.2) is 89.4 Å². The largest absolute Gasteiger partial charge is 0.357 e. The van der Waals surface area contributed by atoms with E-state index in [1.54, 1.807) is 29.9 Å². The molecule has 0 unspecified atom stereocenters. The fourth-order valence-electron chi connectivity index (χ4n) is 3.78. The first-order chi connectivity index (χ1) is 16.9. The molecule has 0 radical (unpaired) electrons. The standard InChI is InChI=1S/C27H24BrClN4O2/c1-30-26(34)24(14-19-9-5-11-21(28)13-19)31-27(35)25-16-23(20-10-6-12-22(29)15-20)32-33(25)17-18-7-3-2-4-8-18/h2-13,15-16,24H,14,17H2,1H3,(H,30,34)(H,31,35)/t24-/m0/s1. The van der Waals surface area contributed by atoms with Gasteiger partial charge in [-0.2, -0.15) is 5.10 Å². The van der Waals surface area contributed by atoms with Gasteiger partial charge in [0.2, 0.25) is 5.91 Å². The van der Waals surface area contributed by atoms with Crippen molar-refractivity contribution in [3.05, 3.63) is 111 Å². The minimum atomic E-state index is -0.753. The number of carbonyl (C=O) groups is 2. The zero-order valence-corrected chi connectivity index (χ0v) is 21.4. The molecular weight excluding hydrogens is 528 g/mol. The lowest BCUT2D eigenvalue weighted by Gasteiger charge is -2.18. The van der Waals surface area contributed by atoms with E-state index in [-0.39, 0.29) is 11.8 Å². The van der Waals surface area contributed by atoms with Gasteiger partial charge in [-0.25, -0.2) is 0 Å². The molecule has 2 amide bonds. The zero-order valence-electron chi connectivity index (χ0n) is 19.0. The second-order valence-corrected chi connectivity index (χ2v) is 9.39. The maximum absolute atomic E-state index is 13.5. The molecule has 4 aromatic rings. The average molecular weight is 552 g/mol. The molecule has 0 aliphatic rings. The number of benzene rings is 3. The third kappa shape index (κ3) is 6.38. The summed E-state index contributed by atoms with van der Waals surface area (Å²) in [4.78, 5) is 26.1. The van der Waals surface area contributed by atoms with Gasteiger partial charge < -0.3 is 10.6 Å². The van der Waals surface area contributed by atoms with Crippen molar-refractivity contribution in [2.75, 3.05) is 7.05 Å². The van der Waals surface area contributed by atoms with E-state index < -0.39 is 6.04 Å². The lowest BCUT2D eigenvalue weighted by molar-refractivity contribution is -0.122. The van der Waals surface area contributed by atoms with Crippen LogP contribution in [-0.4, -0.2) is 34.7 Å². The second-order valence-electron chi connectivity index (χ2n) is 8.04. The molecule has 0 aliphatic heterocycles. The third-order valence-electron chi connectivity index (χ3n) is 5.51. The first-order valence-corrected chi connectivity index (χ1v) is 12.2. The Bertz CT molecular complexity index is 1340. The van der Waals surface area contributed by atoms with E-state index in [1.807, 2.05) is 66.7 Å². The van der Waals surface area contributed by atoms with Gasteiger partial charge in [0, 0.05) is 28.5 Å². The SMILES string of the molecule is CNC(=O)[C@H](Cc1cccc(Br)c1)NC(=O)c1cc(-c2cccc(Cl)c2)nn1Cc1ccccc1. The maximum atomic E-state index is 13.5. The van der Waals surface area contributed by atoms with E-state index in [2.05, 4.69) is 26.6 Å². The summed E-state index contributed by atoms with van der Waals surface area (Å²) >= 11 is 9.64. The first kappa shape index (κ1) is 24.7. The van der Waals surface area contributed by atoms with E-state index >= 15 is 0 Å². The van der Waals surface area contributed by atoms with Crippen molar-refractivity contribution in [2.24, 2.45) is 0 Å². The van der Waals surface area contributed by atoms with E-state index in [0.29, 0.717) is 29.4 Å². The lowest BCUT2D eigenvalue weighted by Crippen LogP contribution is -2.47. The van der Waals surface area contributed by atoms with Gasteiger partial charge in [-0.1, -0.05) is 82.1 Å². The van der Waals surface area contributed by atoms with Gasteiger partial charge in [-0.15, -0.1) is 0 Å². The molecule has 2 N–H and O–H groups in total. The fourth-order valence-corrected chi connectivity index (χ4v) is 4.42. The molecule has 0 spiro atoms. The Morgan fingerprint density at radius 2 is 1.71 bits per heavy atom. The van der Waals surface area contributed by atoms with Crippen molar-refractivity contribution < 1.29 is 9.59 Å². The zero-order chi connectivity index (χ0) is 24.8. The number of aromatic nitrogens is 2. The number of nitrogens with zero attached hydrogens (tertiary/aromatic N) is 2. The Morgan fingerprint density at radius 3 is 2.43 bits per heavy atom. The highest BCUT2D eigenvalue weighted by Gasteiger charge is 2.24. The summed E-state index contributed by atoms with van der Waals surface area (Å²) in [6.07, 6.45) is 0.346. The Hall–Kier alpha value is -3.42. The number of rotatable bonds is 8. The van der Waals surface area contributed by atoms with Crippen LogP contribution in [0.2, 0.25) is 5.02 Å². The molecule has 35 heavy (non-hydrogen) atoms. The van der Waals surface area contributed by atoms with Crippen molar-refractivity contribution in [3.63, 3.8) is 0 Å². The van der Waals surface area contributed by atoms with Crippen molar-refractivity contribution in [1.82, 2.24) is 20.4 Å². The van der Waals surface area contributed by atoms with Gasteiger partial charge >= 0.3 is 0 Å². The molecule has 3 aromatic carbocycles. The van der Waals surface area contributed by atoms with Gasteiger partial charge in [0.25, 0.3) is 5.91 Å². The molecule has 0 saturated heterocycles. The van der Waals surface area contributed by atoms with Crippen LogP contribution in [0.5, 0.6) is 0 Å². The Balaban J connectivity index is 1.66. The highest BCUT2D eigenvalue weighted by atomic mass is 79.9. The van der Waals surface area contributed by atoms with Crippen molar-refractivity contribution in [2.45, 2.75) is 19.0 Å². The van der Waals surface area contributed by atoms with E-state index in [9.17, 15) is 9.59 Å². The average Bonchev–Trinajstić information content (AvgIpc) is 3.27. The number of nitrogens with one attached hydrogen (secondary N) is 2. The van der Waals surface area contributed by atoms with Crippen LogP contribution in [0.1, 0.15) is 21.6 Å². The smallest absolute Gasteiger partial charge is 0.270 e. The molecule has 4 rings (SSSR count). The van der Waals surface area contributed by atoms with E-state index in [0.717, 1.165) is 21.2 Å². The summed E-state index contributed by atoms with van der Waals surface area (Å²) < 4.78 is 2.56. The Morgan fingerprint density at radius 1 is 0.971 bits per heavy atom. The predicted octanol–water partition coefficient (Wildman–Crippen LogP) is 5.10. The van der Waals surface area contributed by atoms with Crippen molar-refractivity contribution in [3.8, 4) is 11.3 Å². The van der Waals surface area contributed by atoms with Gasteiger partial charge in [-0.05, 0) is 41.5 Å². The monoisotopic (exact) mass is 550 g/mol. The highest BCUT2D eigenvalue weighted by molar-refractivity contribution is 9.10. The summed E-state index contributed by atoms with van der Waals surface area (Å²) in [7, 11) is 1.55. The molecule has 0 aliphatic carbocycles. The molecule has 6 nitrogen and oxygen atoms in total. The molecule has 1 aromatic heterocycles.